The number of nitrogen functional groups attached to an aromatic ring is 1. The van der Waals surface area contributed by atoms with E-state index in [0.717, 1.165) is 36.6 Å². The average Bonchev–Trinajstić information content (AvgIpc) is 2.58. The minimum atomic E-state index is 0.492. The molecular weight excluding hydrogens is 300 g/mol. The van der Waals surface area contributed by atoms with E-state index in [1.54, 1.807) is 7.11 Å². The van der Waals surface area contributed by atoms with E-state index in [0.29, 0.717) is 18.2 Å². The number of methoxy groups -OCH3 is 1. The van der Waals surface area contributed by atoms with Gasteiger partial charge in [-0.15, -0.1) is 0 Å². The molecule has 24 heavy (non-hydrogen) atoms. The molecule has 0 aliphatic heterocycles. The van der Waals surface area contributed by atoms with Crippen LogP contribution in [0.4, 0.5) is 11.4 Å². The lowest BCUT2D eigenvalue weighted by molar-refractivity contribution is 0.272. The first kappa shape index (κ1) is 18.0. The van der Waals surface area contributed by atoms with E-state index in [-0.39, 0.29) is 0 Å². The second kappa shape index (κ2) is 9.06. The number of benzene rings is 2. The second-order valence-electron chi connectivity index (χ2n) is 6.34. The summed E-state index contributed by atoms with van der Waals surface area (Å²) in [5.41, 5.74) is 9.11. The van der Waals surface area contributed by atoms with Gasteiger partial charge in [0.25, 0.3) is 0 Å². The number of anilines is 2. The van der Waals surface area contributed by atoms with E-state index in [9.17, 15) is 0 Å². The summed E-state index contributed by atoms with van der Waals surface area (Å²) in [4.78, 5) is 0. The third-order valence-corrected chi connectivity index (χ3v) is 3.69. The van der Waals surface area contributed by atoms with Crippen molar-refractivity contribution in [2.75, 3.05) is 31.3 Å². The van der Waals surface area contributed by atoms with Crippen LogP contribution >= 0.6 is 0 Å². The van der Waals surface area contributed by atoms with Crippen LogP contribution in [-0.2, 0) is 6.42 Å². The van der Waals surface area contributed by atoms with Crippen molar-refractivity contribution in [3.63, 3.8) is 0 Å². The highest BCUT2D eigenvalue weighted by Crippen LogP contribution is 2.24. The molecule has 4 nitrogen and oxygen atoms in total. The molecule has 0 saturated carbocycles. The van der Waals surface area contributed by atoms with Crippen molar-refractivity contribution in [2.45, 2.75) is 26.7 Å². The second-order valence-corrected chi connectivity index (χ2v) is 6.34. The van der Waals surface area contributed by atoms with Crippen LogP contribution < -0.4 is 20.5 Å². The lowest BCUT2D eigenvalue weighted by atomic mass is 10.1. The van der Waals surface area contributed by atoms with Crippen LogP contribution in [0.2, 0.25) is 0 Å². The third kappa shape index (κ3) is 5.69. The number of hydrogen-bond acceptors (Lipinski definition) is 4. The Kier molecular flexibility index (Phi) is 6.79. The molecule has 0 fully saturated rings. The van der Waals surface area contributed by atoms with Crippen molar-refractivity contribution in [1.29, 1.82) is 0 Å². The largest absolute Gasteiger partial charge is 0.497 e. The lowest BCUT2D eigenvalue weighted by Gasteiger charge is -2.12. The predicted octanol–water partition coefficient (Wildman–Crippen LogP) is 4.36. The van der Waals surface area contributed by atoms with Crippen LogP contribution in [-0.4, -0.2) is 20.3 Å². The molecule has 0 heterocycles. The van der Waals surface area contributed by atoms with Crippen LogP contribution in [0.25, 0.3) is 0 Å². The van der Waals surface area contributed by atoms with Gasteiger partial charge in [0.15, 0.2) is 0 Å². The summed E-state index contributed by atoms with van der Waals surface area (Å²) >= 11 is 0. The molecule has 0 radical (unpaired) electrons. The molecule has 2 rings (SSSR count). The standard InChI is InChI=1S/C20H28N2O2/c1-15(2)14-24-20-10-9-16(12-19(20)21)6-5-11-22-17-7-4-8-18(13-17)23-3/h4,7-10,12-13,15,22H,5-6,11,14,21H2,1-3H3. The summed E-state index contributed by atoms with van der Waals surface area (Å²) in [5.74, 6) is 2.14. The highest BCUT2D eigenvalue weighted by molar-refractivity contribution is 5.54. The third-order valence-electron chi connectivity index (χ3n) is 3.69. The molecule has 0 saturated heterocycles. The smallest absolute Gasteiger partial charge is 0.142 e. The zero-order chi connectivity index (χ0) is 17.4. The molecule has 0 bridgehead atoms. The molecule has 0 unspecified atom stereocenters. The molecule has 0 amide bonds. The molecule has 130 valence electrons. The highest BCUT2D eigenvalue weighted by atomic mass is 16.5. The van der Waals surface area contributed by atoms with E-state index < -0.39 is 0 Å². The molecule has 0 spiro atoms. The maximum atomic E-state index is 6.08. The van der Waals surface area contributed by atoms with Gasteiger partial charge >= 0.3 is 0 Å². The number of nitrogens with two attached hydrogens (primary N) is 1. The predicted molar refractivity (Wildman–Crippen MR) is 101 cm³/mol. The van der Waals surface area contributed by atoms with Gasteiger partial charge in [-0.05, 0) is 48.6 Å². The van der Waals surface area contributed by atoms with Crippen molar-refractivity contribution in [1.82, 2.24) is 0 Å². The van der Waals surface area contributed by atoms with Gasteiger partial charge in [-0.1, -0.05) is 26.0 Å². The molecule has 2 aromatic carbocycles. The summed E-state index contributed by atoms with van der Waals surface area (Å²) in [6.45, 7) is 5.84. The summed E-state index contributed by atoms with van der Waals surface area (Å²) < 4.78 is 10.9. The first-order valence-corrected chi connectivity index (χ1v) is 8.47. The number of hydrogen-bond donors (Lipinski definition) is 2. The Morgan fingerprint density at radius 2 is 1.96 bits per heavy atom. The molecule has 0 atom stereocenters. The maximum Gasteiger partial charge on any atom is 0.142 e. The van der Waals surface area contributed by atoms with Gasteiger partial charge in [-0.25, -0.2) is 0 Å². The van der Waals surface area contributed by atoms with E-state index >= 15 is 0 Å². The summed E-state index contributed by atoms with van der Waals surface area (Å²) in [7, 11) is 1.68. The van der Waals surface area contributed by atoms with Crippen LogP contribution in [0.3, 0.4) is 0 Å². The van der Waals surface area contributed by atoms with Crippen LogP contribution in [0.5, 0.6) is 11.5 Å². The fraction of sp³-hybridized carbons (Fsp3) is 0.400. The fourth-order valence-corrected chi connectivity index (χ4v) is 2.40. The van der Waals surface area contributed by atoms with Crippen LogP contribution in [0.1, 0.15) is 25.8 Å². The normalized spacial score (nSPS) is 10.7. The van der Waals surface area contributed by atoms with E-state index in [4.69, 9.17) is 15.2 Å². The first-order valence-electron chi connectivity index (χ1n) is 8.47. The Labute approximate surface area is 145 Å². The maximum absolute atomic E-state index is 6.08. The monoisotopic (exact) mass is 328 g/mol. The Balaban J connectivity index is 1.78. The zero-order valence-electron chi connectivity index (χ0n) is 14.8. The van der Waals surface area contributed by atoms with E-state index in [1.807, 2.05) is 36.4 Å². The highest BCUT2D eigenvalue weighted by Gasteiger charge is 2.04. The van der Waals surface area contributed by atoms with E-state index in [1.165, 1.54) is 5.56 Å². The zero-order valence-corrected chi connectivity index (χ0v) is 14.8. The van der Waals surface area contributed by atoms with Crippen LogP contribution in [0, 0.1) is 5.92 Å². The first-order chi connectivity index (χ1) is 11.6. The molecule has 3 N–H and O–H groups in total. The van der Waals surface area contributed by atoms with Crippen molar-refractivity contribution < 1.29 is 9.47 Å². The number of nitrogens with one attached hydrogen (secondary N) is 1. The van der Waals surface area contributed by atoms with Gasteiger partial charge in [-0.3, -0.25) is 0 Å². The average molecular weight is 328 g/mol. The Bertz CT molecular complexity index is 641. The quantitative estimate of drug-likeness (QED) is 0.530. The van der Waals surface area contributed by atoms with Gasteiger partial charge in [-0.2, -0.15) is 0 Å². The minimum Gasteiger partial charge on any atom is -0.497 e. The Hall–Kier alpha value is -2.36. The van der Waals surface area contributed by atoms with Gasteiger partial charge < -0.3 is 20.5 Å². The summed E-state index contributed by atoms with van der Waals surface area (Å²) in [6.07, 6.45) is 2.01. The van der Waals surface area contributed by atoms with Crippen molar-refractivity contribution in [2.24, 2.45) is 5.92 Å². The van der Waals surface area contributed by atoms with Crippen molar-refractivity contribution in [3.05, 3.63) is 48.0 Å². The number of aryl methyl sites for hydroxylation is 1. The van der Waals surface area contributed by atoms with Gasteiger partial charge in [0.1, 0.15) is 11.5 Å². The summed E-state index contributed by atoms with van der Waals surface area (Å²) in [5, 5.41) is 3.41. The number of rotatable bonds is 9. The van der Waals surface area contributed by atoms with Crippen molar-refractivity contribution in [3.8, 4) is 11.5 Å². The molecule has 2 aromatic rings. The minimum absolute atomic E-state index is 0.492. The molecule has 0 aliphatic rings. The van der Waals surface area contributed by atoms with Gasteiger partial charge in [0, 0.05) is 18.3 Å². The summed E-state index contributed by atoms with van der Waals surface area (Å²) in [6, 6.07) is 14.1. The topological polar surface area (TPSA) is 56.5 Å². The molecular formula is C20H28N2O2. The Morgan fingerprint density at radius 1 is 1.12 bits per heavy atom. The van der Waals surface area contributed by atoms with E-state index in [2.05, 4.69) is 25.2 Å². The van der Waals surface area contributed by atoms with Gasteiger partial charge in [0.2, 0.25) is 0 Å². The van der Waals surface area contributed by atoms with Crippen LogP contribution in [0.15, 0.2) is 42.5 Å². The lowest BCUT2D eigenvalue weighted by Crippen LogP contribution is -2.07. The SMILES string of the molecule is COc1cccc(NCCCc2ccc(OCC(C)C)c(N)c2)c1. The molecule has 0 aliphatic carbocycles. The fourth-order valence-electron chi connectivity index (χ4n) is 2.40. The number of ether oxygens (including phenoxy) is 2. The molecule has 0 aromatic heterocycles. The van der Waals surface area contributed by atoms with Gasteiger partial charge in [0.05, 0.1) is 19.4 Å². The van der Waals surface area contributed by atoms with Crippen molar-refractivity contribution >= 4 is 11.4 Å². The Morgan fingerprint density at radius 3 is 2.67 bits per heavy atom. The molecule has 4 heteroatoms.